The van der Waals surface area contributed by atoms with Crippen LogP contribution in [-0.4, -0.2) is 36.0 Å². The number of rotatable bonds is 4. The third-order valence-electron chi connectivity index (χ3n) is 4.41. The van der Waals surface area contributed by atoms with E-state index in [-0.39, 0.29) is 6.04 Å². The highest BCUT2D eigenvalue weighted by molar-refractivity contribution is 5.83. The van der Waals surface area contributed by atoms with E-state index >= 15 is 0 Å². The topological polar surface area (TPSA) is 32.3 Å². The van der Waals surface area contributed by atoms with Gasteiger partial charge >= 0.3 is 0 Å². The second-order valence-corrected chi connectivity index (χ2v) is 6.52. The lowest BCUT2D eigenvalue weighted by molar-refractivity contribution is -0.136. The zero-order valence-electron chi connectivity index (χ0n) is 12.1. The lowest BCUT2D eigenvalue weighted by Crippen LogP contribution is -2.50. The van der Waals surface area contributed by atoms with Crippen molar-refractivity contribution in [1.29, 1.82) is 0 Å². The molecule has 0 aromatic carbocycles. The molecular weight excluding hydrogens is 224 g/mol. The van der Waals surface area contributed by atoms with Crippen LogP contribution < -0.4 is 5.32 Å². The number of carbonyl (C=O) groups is 1. The van der Waals surface area contributed by atoms with Gasteiger partial charge in [0.05, 0.1) is 6.04 Å². The number of nitrogens with one attached hydrogen (secondary N) is 1. The maximum atomic E-state index is 12.7. The van der Waals surface area contributed by atoms with Gasteiger partial charge in [0.1, 0.15) is 0 Å². The lowest BCUT2D eigenvalue weighted by atomic mass is 10.00. The number of hydrogen-bond acceptors (Lipinski definition) is 2. The Labute approximate surface area is 111 Å². The molecule has 3 nitrogen and oxygen atoms in total. The molecule has 1 N–H and O–H groups in total. The standard InChI is InChI=1S/C15H28N2O/c1-11(2)10-17(13-6-4-5-7-13)15(18)14-12(3)8-9-16-14/h11-14,16H,4-10H2,1-3H3. The van der Waals surface area contributed by atoms with Crippen LogP contribution in [0.3, 0.4) is 0 Å². The SMILES string of the molecule is CC(C)CN(C(=O)C1NCCC1C)C1CCCC1. The maximum Gasteiger partial charge on any atom is 0.240 e. The number of nitrogens with zero attached hydrogens (tertiary/aromatic N) is 1. The molecule has 3 heteroatoms. The molecule has 1 aliphatic heterocycles. The first-order valence-corrected chi connectivity index (χ1v) is 7.63. The van der Waals surface area contributed by atoms with Gasteiger partial charge in [0, 0.05) is 12.6 Å². The molecule has 0 radical (unpaired) electrons. The van der Waals surface area contributed by atoms with Gasteiger partial charge in [0.2, 0.25) is 5.91 Å². The van der Waals surface area contributed by atoms with Crippen molar-refractivity contribution in [2.24, 2.45) is 11.8 Å². The van der Waals surface area contributed by atoms with Crippen molar-refractivity contribution in [2.75, 3.05) is 13.1 Å². The molecule has 2 unspecified atom stereocenters. The Morgan fingerprint density at radius 2 is 1.94 bits per heavy atom. The molecule has 104 valence electrons. The Hall–Kier alpha value is -0.570. The summed E-state index contributed by atoms with van der Waals surface area (Å²) in [6, 6.07) is 0.582. The molecule has 2 atom stereocenters. The van der Waals surface area contributed by atoms with Gasteiger partial charge in [-0.1, -0.05) is 33.6 Å². The Morgan fingerprint density at radius 3 is 2.44 bits per heavy atom. The summed E-state index contributed by atoms with van der Waals surface area (Å²) in [5, 5.41) is 3.39. The van der Waals surface area contributed by atoms with E-state index in [1.807, 2.05) is 0 Å². The summed E-state index contributed by atoms with van der Waals surface area (Å²) in [4.78, 5) is 14.9. The fourth-order valence-electron chi connectivity index (χ4n) is 3.37. The third kappa shape index (κ3) is 3.05. The summed E-state index contributed by atoms with van der Waals surface area (Å²) in [6.07, 6.45) is 6.14. The largest absolute Gasteiger partial charge is 0.338 e. The van der Waals surface area contributed by atoms with Crippen molar-refractivity contribution in [2.45, 2.75) is 65.0 Å². The highest BCUT2D eigenvalue weighted by Gasteiger charge is 2.36. The second kappa shape index (κ2) is 6.05. The second-order valence-electron chi connectivity index (χ2n) is 6.52. The molecule has 0 bridgehead atoms. The van der Waals surface area contributed by atoms with Crippen LogP contribution >= 0.6 is 0 Å². The molecule has 0 aromatic rings. The molecule has 1 amide bonds. The molecule has 18 heavy (non-hydrogen) atoms. The van der Waals surface area contributed by atoms with Crippen LogP contribution in [0.15, 0.2) is 0 Å². The Balaban J connectivity index is 2.04. The highest BCUT2D eigenvalue weighted by atomic mass is 16.2. The number of hydrogen-bond donors (Lipinski definition) is 1. The Bertz CT molecular complexity index is 284. The summed E-state index contributed by atoms with van der Waals surface area (Å²) in [5.74, 6) is 1.42. The smallest absolute Gasteiger partial charge is 0.240 e. The van der Waals surface area contributed by atoms with Crippen molar-refractivity contribution in [3.8, 4) is 0 Å². The van der Waals surface area contributed by atoms with Gasteiger partial charge in [0.25, 0.3) is 0 Å². The lowest BCUT2D eigenvalue weighted by Gasteiger charge is -2.33. The maximum absolute atomic E-state index is 12.7. The van der Waals surface area contributed by atoms with E-state index in [0.29, 0.717) is 23.8 Å². The van der Waals surface area contributed by atoms with Gasteiger partial charge in [-0.05, 0) is 37.6 Å². The molecule has 0 aromatic heterocycles. The van der Waals surface area contributed by atoms with Crippen molar-refractivity contribution >= 4 is 5.91 Å². The average molecular weight is 252 g/mol. The molecule has 0 spiro atoms. The van der Waals surface area contributed by atoms with Crippen LogP contribution in [0.4, 0.5) is 0 Å². The van der Waals surface area contributed by atoms with E-state index in [0.717, 1.165) is 19.5 Å². The summed E-state index contributed by atoms with van der Waals surface area (Å²) in [5.41, 5.74) is 0. The fourth-order valence-corrected chi connectivity index (χ4v) is 3.37. The van der Waals surface area contributed by atoms with Gasteiger partial charge in [0.15, 0.2) is 0 Å². The summed E-state index contributed by atoms with van der Waals surface area (Å²) in [6.45, 7) is 8.54. The van der Waals surface area contributed by atoms with E-state index in [9.17, 15) is 4.79 Å². The minimum absolute atomic E-state index is 0.0735. The highest BCUT2D eigenvalue weighted by Crippen LogP contribution is 2.27. The Kier molecular flexibility index (Phi) is 4.66. The van der Waals surface area contributed by atoms with E-state index in [1.165, 1.54) is 25.7 Å². The minimum Gasteiger partial charge on any atom is -0.338 e. The first kappa shape index (κ1) is 13.9. The van der Waals surface area contributed by atoms with Crippen molar-refractivity contribution in [1.82, 2.24) is 10.2 Å². The van der Waals surface area contributed by atoms with Crippen molar-refractivity contribution < 1.29 is 4.79 Å². The number of amides is 1. The van der Waals surface area contributed by atoms with Gasteiger partial charge in [-0.3, -0.25) is 4.79 Å². The molecule has 2 fully saturated rings. The molecule has 1 aliphatic carbocycles. The molecule has 1 saturated heterocycles. The van der Waals surface area contributed by atoms with Crippen LogP contribution in [0.5, 0.6) is 0 Å². The van der Waals surface area contributed by atoms with Crippen molar-refractivity contribution in [3.63, 3.8) is 0 Å². The fraction of sp³-hybridized carbons (Fsp3) is 0.933. The average Bonchev–Trinajstić information content (AvgIpc) is 2.95. The first-order chi connectivity index (χ1) is 8.59. The van der Waals surface area contributed by atoms with Crippen LogP contribution in [0.1, 0.15) is 52.9 Å². The van der Waals surface area contributed by atoms with Crippen LogP contribution in [0.2, 0.25) is 0 Å². The third-order valence-corrected chi connectivity index (χ3v) is 4.41. The molecule has 1 saturated carbocycles. The minimum atomic E-state index is 0.0735. The normalized spacial score (nSPS) is 29.1. The predicted octanol–water partition coefficient (Wildman–Crippen LogP) is 2.41. The zero-order chi connectivity index (χ0) is 13.1. The van der Waals surface area contributed by atoms with Crippen LogP contribution in [0, 0.1) is 11.8 Å². The van der Waals surface area contributed by atoms with E-state index < -0.39 is 0 Å². The van der Waals surface area contributed by atoms with Gasteiger partial charge in [-0.2, -0.15) is 0 Å². The first-order valence-electron chi connectivity index (χ1n) is 7.63. The molecular formula is C15H28N2O. The van der Waals surface area contributed by atoms with Crippen LogP contribution in [0.25, 0.3) is 0 Å². The van der Waals surface area contributed by atoms with E-state index in [2.05, 4.69) is 31.0 Å². The molecule has 2 aliphatic rings. The summed E-state index contributed by atoms with van der Waals surface area (Å²) >= 11 is 0. The molecule has 1 heterocycles. The van der Waals surface area contributed by atoms with E-state index in [1.54, 1.807) is 0 Å². The zero-order valence-corrected chi connectivity index (χ0v) is 12.1. The van der Waals surface area contributed by atoms with Gasteiger partial charge in [-0.25, -0.2) is 0 Å². The predicted molar refractivity (Wildman–Crippen MR) is 74.4 cm³/mol. The van der Waals surface area contributed by atoms with E-state index in [4.69, 9.17) is 0 Å². The van der Waals surface area contributed by atoms with Crippen LogP contribution in [-0.2, 0) is 4.79 Å². The van der Waals surface area contributed by atoms with Crippen molar-refractivity contribution in [3.05, 3.63) is 0 Å². The van der Waals surface area contributed by atoms with Gasteiger partial charge in [-0.15, -0.1) is 0 Å². The van der Waals surface area contributed by atoms with Gasteiger partial charge < -0.3 is 10.2 Å². The summed E-state index contributed by atoms with van der Waals surface area (Å²) < 4.78 is 0. The monoisotopic (exact) mass is 252 g/mol. The number of carbonyl (C=O) groups excluding carboxylic acids is 1. The summed E-state index contributed by atoms with van der Waals surface area (Å²) in [7, 11) is 0. The Morgan fingerprint density at radius 1 is 1.28 bits per heavy atom. The quantitative estimate of drug-likeness (QED) is 0.833. The molecule has 2 rings (SSSR count).